The van der Waals surface area contributed by atoms with E-state index in [9.17, 15) is 9.59 Å². The smallest absolute Gasteiger partial charge is 0.303 e. The minimum Gasteiger partial charge on any atom is -0.481 e. The summed E-state index contributed by atoms with van der Waals surface area (Å²) in [5.74, 6) is -0.909. The minimum absolute atomic E-state index is 0.0579. The molecule has 0 unspecified atom stereocenters. The highest BCUT2D eigenvalue weighted by Crippen LogP contribution is 2.10. The predicted octanol–water partition coefficient (Wildman–Crippen LogP) is 2.05. The van der Waals surface area contributed by atoms with E-state index in [1.807, 2.05) is 11.4 Å². The molecule has 0 aliphatic rings. The summed E-state index contributed by atoms with van der Waals surface area (Å²) in [6.07, 6.45) is 2.66. The predicted molar refractivity (Wildman–Crippen MR) is 67.1 cm³/mol. The molecular weight excluding hydrogens is 238 g/mol. The molecule has 0 radical (unpaired) electrons. The van der Waals surface area contributed by atoms with Gasteiger partial charge in [0.1, 0.15) is 0 Å². The van der Waals surface area contributed by atoms with Gasteiger partial charge in [0.2, 0.25) is 5.91 Å². The molecule has 17 heavy (non-hydrogen) atoms. The van der Waals surface area contributed by atoms with E-state index in [-0.39, 0.29) is 12.3 Å². The fourth-order valence-electron chi connectivity index (χ4n) is 1.43. The third kappa shape index (κ3) is 6.73. The molecule has 0 saturated heterocycles. The van der Waals surface area contributed by atoms with Crippen LogP contribution in [0, 0.1) is 0 Å². The number of hydrogen-bond acceptors (Lipinski definition) is 3. The molecule has 0 atom stereocenters. The molecular formula is C12H17NO3S. The summed E-state index contributed by atoms with van der Waals surface area (Å²) in [5, 5.41) is 13.2. The average Bonchev–Trinajstić information content (AvgIpc) is 2.76. The maximum Gasteiger partial charge on any atom is 0.303 e. The summed E-state index contributed by atoms with van der Waals surface area (Å²) < 4.78 is 0. The van der Waals surface area contributed by atoms with Gasteiger partial charge in [-0.2, -0.15) is 0 Å². The first-order valence-corrected chi connectivity index (χ1v) is 6.57. The summed E-state index contributed by atoms with van der Waals surface area (Å²) in [6.45, 7) is 0.657. The fraction of sp³-hybridized carbons (Fsp3) is 0.500. The van der Waals surface area contributed by atoms with Crippen LogP contribution in [-0.4, -0.2) is 23.5 Å². The van der Waals surface area contributed by atoms with Gasteiger partial charge in [-0.3, -0.25) is 9.59 Å². The molecule has 1 heterocycles. The second-order valence-electron chi connectivity index (χ2n) is 3.78. The molecule has 0 fully saturated rings. The third-order valence-corrected chi connectivity index (χ3v) is 3.23. The zero-order valence-corrected chi connectivity index (χ0v) is 10.5. The highest BCUT2D eigenvalue weighted by Gasteiger charge is 2.03. The first-order chi connectivity index (χ1) is 8.18. The Balaban J connectivity index is 1.98. The zero-order valence-electron chi connectivity index (χ0n) is 9.65. The van der Waals surface area contributed by atoms with Gasteiger partial charge in [-0.05, 0) is 30.7 Å². The molecule has 5 heteroatoms. The molecule has 1 aromatic heterocycles. The number of aryl methyl sites for hydroxylation is 1. The molecule has 0 aliphatic heterocycles. The van der Waals surface area contributed by atoms with Crippen molar-refractivity contribution in [1.29, 1.82) is 0 Å². The largest absolute Gasteiger partial charge is 0.481 e. The van der Waals surface area contributed by atoms with E-state index in [2.05, 4.69) is 11.4 Å². The molecule has 1 aromatic rings. The first-order valence-electron chi connectivity index (χ1n) is 5.69. The lowest BCUT2D eigenvalue weighted by molar-refractivity contribution is -0.137. The maximum absolute atomic E-state index is 11.3. The summed E-state index contributed by atoms with van der Waals surface area (Å²) >= 11 is 1.72. The number of carboxylic acids is 1. The van der Waals surface area contributed by atoms with Crippen LogP contribution in [0.5, 0.6) is 0 Å². The number of aliphatic carboxylic acids is 1. The SMILES string of the molecule is O=C(O)CCCC(=O)NCCCc1cccs1. The second-order valence-corrected chi connectivity index (χ2v) is 4.81. The van der Waals surface area contributed by atoms with Crippen molar-refractivity contribution in [2.45, 2.75) is 32.1 Å². The van der Waals surface area contributed by atoms with Gasteiger partial charge in [0.25, 0.3) is 0 Å². The number of hydrogen-bond donors (Lipinski definition) is 2. The topological polar surface area (TPSA) is 66.4 Å². The Morgan fingerprint density at radius 2 is 2.12 bits per heavy atom. The number of carbonyl (C=O) groups is 2. The summed E-state index contributed by atoms with van der Waals surface area (Å²) in [4.78, 5) is 22.9. The van der Waals surface area contributed by atoms with Crippen molar-refractivity contribution < 1.29 is 14.7 Å². The van der Waals surface area contributed by atoms with Gasteiger partial charge in [0.05, 0.1) is 0 Å². The fourth-order valence-corrected chi connectivity index (χ4v) is 2.19. The lowest BCUT2D eigenvalue weighted by Crippen LogP contribution is -2.24. The Kier molecular flexibility index (Phi) is 6.32. The number of nitrogens with one attached hydrogen (secondary N) is 1. The van der Waals surface area contributed by atoms with E-state index >= 15 is 0 Å². The standard InChI is InChI=1S/C12H17NO3S/c14-11(6-1-7-12(15)16)13-8-2-4-10-5-3-9-17-10/h3,5,9H,1-2,4,6-8H2,(H,13,14)(H,15,16). The van der Waals surface area contributed by atoms with Gasteiger partial charge in [-0.1, -0.05) is 6.07 Å². The minimum atomic E-state index is -0.851. The van der Waals surface area contributed by atoms with Crippen LogP contribution >= 0.6 is 11.3 Å². The highest BCUT2D eigenvalue weighted by molar-refractivity contribution is 7.09. The maximum atomic E-state index is 11.3. The van der Waals surface area contributed by atoms with Crippen LogP contribution in [0.15, 0.2) is 17.5 Å². The molecule has 0 saturated carbocycles. The van der Waals surface area contributed by atoms with E-state index in [0.717, 1.165) is 12.8 Å². The van der Waals surface area contributed by atoms with Gasteiger partial charge in [0, 0.05) is 24.3 Å². The Labute approximate surface area is 105 Å². The van der Waals surface area contributed by atoms with E-state index in [0.29, 0.717) is 19.4 Å². The number of amides is 1. The lowest BCUT2D eigenvalue weighted by Gasteiger charge is -2.03. The van der Waals surface area contributed by atoms with E-state index in [1.54, 1.807) is 11.3 Å². The van der Waals surface area contributed by atoms with Crippen molar-refractivity contribution in [3.8, 4) is 0 Å². The van der Waals surface area contributed by atoms with Gasteiger partial charge in [0.15, 0.2) is 0 Å². The van der Waals surface area contributed by atoms with Crippen LogP contribution in [0.1, 0.15) is 30.6 Å². The Morgan fingerprint density at radius 3 is 2.76 bits per heavy atom. The number of carboxylic acid groups (broad SMARTS) is 1. The first kappa shape index (κ1) is 13.7. The molecule has 1 amide bonds. The molecule has 0 aromatic carbocycles. The normalized spacial score (nSPS) is 10.1. The number of thiophene rings is 1. The molecule has 2 N–H and O–H groups in total. The number of carbonyl (C=O) groups excluding carboxylic acids is 1. The van der Waals surface area contributed by atoms with E-state index < -0.39 is 5.97 Å². The quantitative estimate of drug-likeness (QED) is 0.699. The average molecular weight is 255 g/mol. The second kappa shape index (κ2) is 7.84. The Morgan fingerprint density at radius 1 is 1.29 bits per heavy atom. The number of rotatable bonds is 8. The molecule has 4 nitrogen and oxygen atoms in total. The Bertz CT molecular complexity index is 349. The van der Waals surface area contributed by atoms with Crippen LogP contribution in [-0.2, 0) is 16.0 Å². The highest BCUT2D eigenvalue weighted by atomic mass is 32.1. The summed E-state index contributed by atoms with van der Waals surface area (Å²) in [6, 6.07) is 4.10. The molecule has 0 bridgehead atoms. The van der Waals surface area contributed by atoms with Gasteiger partial charge >= 0.3 is 5.97 Å². The van der Waals surface area contributed by atoms with Crippen molar-refractivity contribution >= 4 is 23.2 Å². The monoisotopic (exact) mass is 255 g/mol. The molecule has 1 rings (SSSR count). The van der Waals surface area contributed by atoms with Crippen molar-refractivity contribution in [1.82, 2.24) is 5.32 Å². The van der Waals surface area contributed by atoms with E-state index in [1.165, 1.54) is 4.88 Å². The summed E-state index contributed by atoms with van der Waals surface area (Å²) in [7, 11) is 0. The van der Waals surface area contributed by atoms with Crippen molar-refractivity contribution in [2.24, 2.45) is 0 Å². The summed E-state index contributed by atoms with van der Waals surface area (Å²) in [5.41, 5.74) is 0. The van der Waals surface area contributed by atoms with Gasteiger partial charge in [-0.25, -0.2) is 0 Å². The third-order valence-electron chi connectivity index (χ3n) is 2.30. The van der Waals surface area contributed by atoms with Crippen LogP contribution in [0.3, 0.4) is 0 Å². The molecule has 94 valence electrons. The van der Waals surface area contributed by atoms with Crippen molar-refractivity contribution in [3.63, 3.8) is 0 Å². The lowest BCUT2D eigenvalue weighted by atomic mass is 10.2. The van der Waals surface area contributed by atoms with Crippen LogP contribution in [0.2, 0.25) is 0 Å². The van der Waals surface area contributed by atoms with Crippen LogP contribution in [0.25, 0.3) is 0 Å². The van der Waals surface area contributed by atoms with Crippen molar-refractivity contribution in [2.75, 3.05) is 6.54 Å². The van der Waals surface area contributed by atoms with E-state index in [4.69, 9.17) is 5.11 Å². The van der Waals surface area contributed by atoms with Crippen LogP contribution < -0.4 is 5.32 Å². The molecule has 0 aliphatic carbocycles. The zero-order chi connectivity index (χ0) is 12.5. The molecule has 0 spiro atoms. The van der Waals surface area contributed by atoms with Gasteiger partial charge in [-0.15, -0.1) is 11.3 Å². The van der Waals surface area contributed by atoms with Gasteiger partial charge < -0.3 is 10.4 Å². The Hall–Kier alpha value is -1.36. The van der Waals surface area contributed by atoms with Crippen molar-refractivity contribution in [3.05, 3.63) is 22.4 Å². The van der Waals surface area contributed by atoms with Crippen LogP contribution in [0.4, 0.5) is 0 Å².